The van der Waals surface area contributed by atoms with Crippen LogP contribution in [0.15, 0.2) is 36.5 Å². The van der Waals surface area contributed by atoms with Crippen LogP contribution in [0.3, 0.4) is 0 Å². The Morgan fingerprint density at radius 1 is 0.365 bits per heavy atom. The summed E-state index contributed by atoms with van der Waals surface area (Å²) in [5, 5.41) is 23.2. The van der Waals surface area contributed by atoms with Gasteiger partial charge in [0, 0.05) is 12.8 Å². The maximum absolute atomic E-state index is 12.5. The minimum Gasteiger partial charge on any atom is -0.466 e. The van der Waals surface area contributed by atoms with Gasteiger partial charge in [-0.1, -0.05) is 307 Å². The van der Waals surface area contributed by atoms with E-state index in [4.69, 9.17) is 4.74 Å². The minimum absolute atomic E-state index is 0.00113. The number of hydrogen-bond acceptors (Lipinski definition) is 5. The number of hydrogen-bond donors (Lipinski definition) is 3. The number of ether oxygens (including phenoxy) is 1. The van der Waals surface area contributed by atoms with E-state index in [0.717, 1.165) is 44.9 Å². The summed E-state index contributed by atoms with van der Waals surface area (Å²) in [6, 6.07) is -0.632. The first-order valence-corrected chi connectivity index (χ1v) is 33.3. The molecule has 6 nitrogen and oxygen atoms in total. The molecule has 0 aromatic rings. The van der Waals surface area contributed by atoms with Gasteiger partial charge in [0.2, 0.25) is 5.91 Å². The van der Waals surface area contributed by atoms with Gasteiger partial charge >= 0.3 is 5.97 Å². The van der Waals surface area contributed by atoms with Crippen molar-refractivity contribution in [2.24, 2.45) is 0 Å². The molecule has 0 heterocycles. The lowest BCUT2D eigenvalue weighted by atomic mass is 10.0. The molecule has 436 valence electrons. The van der Waals surface area contributed by atoms with Gasteiger partial charge in [0.05, 0.1) is 25.4 Å². The lowest BCUT2D eigenvalue weighted by Crippen LogP contribution is -2.45. The van der Waals surface area contributed by atoms with Crippen LogP contribution in [0.25, 0.3) is 0 Å². The number of allylic oxidation sites excluding steroid dienone is 5. The van der Waals surface area contributed by atoms with Crippen molar-refractivity contribution in [1.29, 1.82) is 0 Å². The fraction of sp³-hybridized carbons (Fsp3) is 0.882. The summed E-state index contributed by atoms with van der Waals surface area (Å²) in [6.07, 6.45) is 80.6. The number of amides is 1. The summed E-state index contributed by atoms with van der Waals surface area (Å²) >= 11 is 0. The van der Waals surface area contributed by atoms with Crippen LogP contribution >= 0.6 is 0 Å². The lowest BCUT2D eigenvalue weighted by molar-refractivity contribution is -0.143. The van der Waals surface area contributed by atoms with Crippen LogP contribution in [0, 0.1) is 0 Å². The third kappa shape index (κ3) is 59.3. The molecule has 0 aliphatic carbocycles. The summed E-state index contributed by atoms with van der Waals surface area (Å²) in [6.45, 7) is 4.89. The van der Waals surface area contributed by atoms with Crippen LogP contribution in [-0.2, 0) is 14.3 Å². The molecule has 6 heteroatoms. The van der Waals surface area contributed by atoms with E-state index in [-0.39, 0.29) is 18.5 Å². The third-order valence-corrected chi connectivity index (χ3v) is 15.4. The third-order valence-electron chi connectivity index (χ3n) is 15.4. The number of carbonyl (C=O) groups is 2. The Bertz CT molecular complexity index is 1200. The van der Waals surface area contributed by atoms with E-state index < -0.39 is 12.1 Å². The van der Waals surface area contributed by atoms with Gasteiger partial charge in [0.25, 0.3) is 0 Å². The SMILES string of the molecule is CCCC/C=C\CCCCCCCC(=O)OCCCCCCCCCCCCCC/C=C\CCCCCCCCCCC(=O)NC(CO)C(O)/C=C/CCCCCCCCCCCCCCCCCCCCCC. The van der Waals surface area contributed by atoms with Crippen LogP contribution in [0.5, 0.6) is 0 Å². The van der Waals surface area contributed by atoms with Gasteiger partial charge in [-0.05, 0) is 77.0 Å². The number of rotatable bonds is 62. The molecule has 0 aromatic carbocycles. The Kier molecular flexibility index (Phi) is 62.0. The van der Waals surface area contributed by atoms with Crippen molar-refractivity contribution in [3.8, 4) is 0 Å². The van der Waals surface area contributed by atoms with E-state index in [1.54, 1.807) is 6.08 Å². The number of nitrogens with one attached hydrogen (secondary N) is 1. The van der Waals surface area contributed by atoms with Gasteiger partial charge in [0.15, 0.2) is 0 Å². The van der Waals surface area contributed by atoms with Crippen LogP contribution in [0.2, 0.25) is 0 Å². The van der Waals surface area contributed by atoms with Crippen LogP contribution < -0.4 is 5.32 Å². The standard InChI is InChI=1S/C68H129NO5/c1-3-5-7-9-11-13-15-16-17-18-19-20-25-28-31-34-37-41-44-48-52-56-60-66(71)65(64-70)69-67(72)61-57-53-49-45-42-38-35-32-29-26-23-21-22-24-27-30-33-36-39-43-47-51-55-59-63-74-68(73)62-58-54-50-46-40-14-12-10-8-6-4-2/h10,12,23,26,56,60,65-66,70-71H,3-9,11,13-22,24-25,27-55,57-59,61-64H2,1-2H3,(H,69,72)/b12-10-,26-23-,60-56+. The minimum atomic E-state index is -0.849. The zero-order chi connectivity index (χ0) is 53.6. The van der Waals surface area contributed by atoms with Gasteiger partial charge in [-0.15, -0.1) is 0 Å². The molecule has 3 N–H and O–H groups in total. The zero-order valence-electron chi connectivity index (χ0n) is 49.8. The summed E-state index contributed by atoms with van der Waals surface area (Å²) in [5.41, 5.74) is 0. The summed E-state index contributed by atoms with van der Waals surface area (Å²) in [5.74, 6) is -0.0683. The molecular formula is C68H129NO5. The lowest BCUT2D eigenvalue weighted by Gasteiger charge is -2.20. The molecule has 0 saturated carbocycles. The van der Waals surface area contributed by atoms with E-state index in [1.807, 2.05) is 6.08 Å². The average molecular weight is 1040 g/mol. The molecule has 0 aromatic heterocycles. The van der Waals surface area contributed by atoms with Crippen molar-refractivity contribution in [3.05, 3.63) is 36.5 Å². The Morgan fingerprint density at radius 2 is 0.649 bits per heavy atom. The van der Waals surface area contributed by atoms with Crippen molar-refractivity contribution < 1.29 is 24.5 Å². The van der Waals surface area contributed by atoms with E-state index in [2.05, 4.69) is 43.5 Å². The molecule has 0 aliphatic heterocycles. The average Bonchev–Trinajstić information content (AvgIpc) is 3.40. The molecule has 2 unspecified atom stereocenters. The Balaban J connectivity index is 3.44. The molecule has 0 fully saturated rings. The summed E-state index contributed by atoms with van der Waals surface area (Å²) in [4.78, 5) is 24.5. The number of carbonyl (C=O) groups excluding carboxylic acids is 2. The predicted octanol–water partition coefficient (Wildman–Crippen LogP) is 21.1. The molecule has 0 radical (unpaired) electrons. The second-order valence-corrected chi connectivity index (χ2v) is 22.8. The molecule has 0 saturated heterocycles. The van der Waals surface area contributed by atoms with E-state index in [1.165, 1.54) is 289 Å². The molecule has 74 heavy (non-hydrogen) atoms. The van der Waals surface area contributed by atoms with E-state index >= 15 is 0 Å². The van der Waals surface area contributed by atoms with Crippen molar-refractivity contribution in [3.63, 3.8) is 0 Å². The van der Waals surface area contributed by atoms with Crippen LogP contribution in [0.4, 0.5) is 0 Å². The number of unbranched alkanes of at least 4 members (excludes halogenated alkanes) is 47. The molecule has 2 atom stereocenters. The van der Waals surface area contributed by atoms with Gasteiger partial charge < -0.3 is 20.3 Å². The van der Waals surface area contributed by atoms with Crippen molar-refractivity contribution in [2.45, 2.75) is 373 Å². The molecule has 0 aliphatic rings. The Labute approximate surface area is 462 Å². The van der Waals surface area contributed by atoms with Gasteiger partial charge in [-0.2, -0.15) is 0 Å². The maximum atomic E-state index is 12.5. The fourth-order valence-corrected chi connectivity index (χ4v) is 10.3. The van der Waals surface area contributed by atoms with Gasteiger partial charge in [-0.3, -0.25) is 9.59 Å². The van der Waals surface area contributed by atoms with E-state index in [0.29, 0.717) is 19.4 Å². The topological polar surface area (TPSA) is 95.9 Å². The van der Waals surface area contributed by atoms with Crippen LogP contribution in [0.1, 0.15) is 361 Å². The monoisotopic (exact) mass is 1040 g/mol. The molecule has 1 amide bonds. The smallest absolute Gasteiger partial charge is 0.305 e. The predicted molar refractivity (Wildman–Crippen MR) is 324 cm³/mol. The second kappa shape index (κ2) is 63.6. The van der Waals surface area contributed by atoms with Gasteiger partial charge in [-0.25, -0.2) is 0 Å². The largest absolute Gasteiger partial charge is 0.466 e. The van der Waals surface area contributed by atoms with Crippen molar-refractivity contribution in [1.82, 2.24) is 5.32 Å². The van der Waals surface area contributed by atoms with Crippen molar-refractivity contribution in [2.75, 3.05) is 13.2 Å². The quantitative estimate of drug-likeness (QED) is 0.0320. The number of esters is 1. The highest BCUT2D eigenvalue weighted by Crippen LogP contribution is 2.18. The van der Waals surface area contributed by atoms with Crippen molar-refractivity contribution >= 4 is 11.9 Å². The summed E-state index contributed by atoms with van der Waals surface area (Å²) in [7, 11) is 0. The van der Waals surface area contributed by atoms with Gasteiger partial charge in [0.1, 0.15) is 0 Å². The highest BCUT2D eigenvalue weighted by atomic mass is 16.5. The normalized spacial score (nSPS) is 12.8. The number of aliphatic hydroxyl groups excluding tert-OH is 2. The Hall–Kier alpha value is -1.92. The summed E-state index contributed by atoms with van der Waals surface area (Å²) < 4.78 is 5.46. The van der Waals surface area contributed by atoms with E-state index in [9.17, 15) is 19.8 Å². The molecule has 0 spiro atoms. The van der Waals surface area contributed by atoms with Crippen LogP contribution in [-0.4, -0.2) is 47.4 Å². The Morgan fingerprint density at radius 3 is 1.00 bits per heavy atom. The first-order valence-electron chi connectivity index (χ1n) is 33.3. The molecule has 0 bridgehead atoms. The number of aliphatic hydroxyl groups is 2. The first-order chi connectivity index (χ1) is 36.5. The fourth-order valence-electron chi connectivity index (χ4n) is 10.3. The highest BCUT2D eigenvalue weighted by Gasteiger charge is 2.18. The molecule has 0 rings (SSSR count). The second-order valence-electron chi connectivity index (χ2n) is 22.8. The molecular weight excluding hydrogens is 911 g/mol. The highest BCUT2D eigenvalue weighted by molar-refractivity contribution is 5.76. The maximum Gasteiger partial charge on any atom is 0.305 e. The zero-order valence-corrected chi connectivity index (χ0v) is 49.8. The first kappa shape index (κ1) is 72.1.